The van der Waals surface area contributed by atoms with Gasteiger partial charge in [0.1, 0.15) is 10.8 Å². The molecule has 0 radical (unpaired) electrons. The number of piperidine rings is 1. The third-order valence-electron chi connectivity index (χ3n) is 6.00. The number of nitrogens with zero attached hydrogens (tertiary/aromatic N) is 3. The summed E-state index contributed by atoms with van der Waals surface area (Å²) in [6, 6.07) is 13.9. The Morgan fingerprint density at radius 3 is 2.39 bits per heavy atom. The first kappa shape index (κ1) is 21.4. The predicted octanol–water partition coefficient (Wildman–Crippen LogP) is 4.90. The number of urea groups is 1. The van der Waals surface area contributed by atoms with E-state index in [0.717, 1.165) is 40.6 Å². The van der Waals surface area contributed by atoms with Crippen molar-refractivity contribution >= 4 is 34.2 Å². The number of aliphatic imine (C=N–C) groups is 2. The molecule has 1 saturated heterocycles. The van der Waals surface area contributed by atoms with Gasteiger partial charge in [0, 0.05) is 37.2 Å². The molecule has 1 N–H and O–H groups in total. The average molecular weight is 437 g/mol. The van der Waals surface area contributed by atoms with Gasteiger partial charge >= 0.3 is 6.03 Å². The van der Waals surface area contributed by atoms with Crippen molar-refractivity contribution in [2.24, 2.45) is 9.98 Å². The minimum absolute atomic E-state index is 0.0653. The van der Waals surface area contributed by atoms with Crippen LogP contribution < -0.4 is 10.1 Å². The first-order valence-corrected chi connectivity index (χ1v) is 11.7. The van der Waals surface area contributed by atoms with Crippen LogP contribution in [0.1, 0.15) is 29.5 Å². The molecule has 0 saturated carbocycles. The van der Waals surface area contributed by atoms with E-state index in [-0.39, 0.29) is 6.03 Å². The highest BCUT2D eigenvalue weighted by atomic mass is 32.2. The molecule has 31 heavy (non-hydrogen) atoms. The standard InChI is InChI=1S/C24H28N4O2S/c1-16-5-8-19(15-17(16)2)25-23(29)28-13-11-24(12-14-28)26-21(22(27-24)31-4)18-6-9-20(30-3)10-7-18/h5-10,15H,11-14H2,1-4H3,(H,25,29). The summed E-state index contributed by atoms with van der Waals surface area (Å²) in [5.41, 5.74) is 4.72. The molecular weight excluding hydrogens is 408 g/mol. The summed E-state index contributed by atoms with van der Waals surface area (Å²) < 4.78 is 5.27. The summed E-state index contributed by atoms with van der Waals surface area (Å²) in [5.74, 6) is 0.822. The molecule has 0 aliphatic carbocycles. The highest BCUT2D eigenvalue weighted by Gasteiger charge is 2.40. The van der Waals surface area contributed by atoms with E-state index in [2.05, 4.69) is 19.2 Å². The van der Waals surface area contributed by atoms with E-state index in [4.69, 9.17) is 14.7 Å². The lowest BCUT2D eigenvalue weighted by atomic mass is 9.98. The molecule has 1 fully saturated rings. The van der Waals surface area contributed by atoms with Gasteiger partial charge in [-0.25, -0.2) is 9.79 Å². The molecule has 0 bridgehead atoms. The number of hydrogen-bond donors (Lipinski definition) is 1. The normalized spacial score (nSPS) is 17.4. The molecule has 2 aromatic rings. The molecule has 2 amide bonds. The van der Waals surface area contributed by atoms with Gasteiger partial charge in [0.15, 0.2) is 5.66 Å². The van der Waals surface area contributed by atoms with E-state index in [9.17, 15) is 4.79 Å². The van der Waals surface area contributed by atoms with Crippen molar-refractivity contribution in [1.29, 1.82) is 0 Å². The Kier molecular flexibility index (Phi) is 6.05. The van der Waals surface area contributed by atoms with Crippen LogP contribution in [0.2, 0.25) is 0 Å². The Morgan fingerprint density at radius 2 is 1.77 bits per heavy atom. The Balaban J connectivity index is 1.45. The number of anilines is 1. The fourth-order valence-electron chi connectivity index (χ4n) is 3.92. The van der Waals surface area contributed by atoms with E-state index in [1.807, 2.05) is 53.6 Å². The Morgan fingerprint density at radius 1 is 1.06 bits per heavy atom. The Labute approximate surface area is 187 Å². The number of thioether (sulfide) groups is 1. The van der Waals surface area contributed by atoms with Crippen molar-refractivity contribution in [3.05, 3.63) is 59.2 Å². The van der Waals surface area contributed by atoms with E-state index in [1.54, 1.807) is 18.9 Å². The lowest BCUT2D eigenvalue weighted by molar-refractivity contribution is 0.175. The smallest absolute Gasteiger partial charge is 0.321 e. The summed E-state index contributed by atoms with van der Waals surface area (Å²) in [6.07, 6.45) is 3.47. The van der Waals surface area contributed by atoms with Gasteiger partial charge in [-0.05, 0) is 67.6 Å². The van der Waals surface area contributed by atoms with Crippen LogP contribution in [0.25, 0.3) is 0 Å². The number of amides is 2. The fourth-order valence-corrected chi connectivity index (χ4v) is 4.53. The number of benzene rings is 2. The minimum atomic E-state index is -0.467. The van der Waals surface area contributed by atoms with Gasteiger partial charge in [-0.2, -0.15) is 0 Å². The van der Waals surface area contributed by atoms with Crippen molar-refractivity contribution in [2.45, 2.75) is 32.4 Å². The van der Waals surface area contributed by atoms with Crippen LogP contribution >= 0.6 is 11.8 Å². The van der Waals surface area contributed by atoms with E-state index < -0.39 is 5.66 Å². The van der Waals surface area contributed by atoms with E-state index >= 15 is 0 Å². The number of likely N-dealkylation sites (tertiary alicyclic amines) is 1. The number of aryl methyl sites for hydroxylation is 2. The third-order valence-corrected chi connectivity index (χ3v) is 6.67. The predicted molar refractivity (Wildman–Crippen MR) is 129 cm³/mol. The molecule has 6 nitrogen and oxygen atoms in total. The van der Waals surface area contributed by atoms with Crippen LogP contribution in [0.4, 0.5) is 10.5 Å². The highest BCUT2D eigenvalue weighted by Crippen LogP contribution is 2.35. The highest BCUT2D eigenvalue weighted by molar-refractivity contribution is 8.15. The number of carbonyl (C=O) groups is 1. The van der Waals surface area contributed by atoms with Crippen molar-refractivity contribution < 1.29 is 9.53 Å². The zero-order valence-electron chi connectivity index (χ0n) is 18.4. The number of carbonyl (C=O) groups excluding carboxylic acids is 1. The number of hydrogen-bond acceptors (Lipinski definition) is 5. The number of ether oxygens (including phenoxy) is 1. The van der Waals surface area contributed by atoms with Crippen LogP contribution in [-0.4, -0.2) is 53.8 Å². The maximum atomic E-state index is 12.8. The van der Waals surface area contributed by atoms with Gasteiger partial charge in [-0.3, -0.25) is 4.99 Å². The summed E-state index contributed by atoms with van der Waals surface area (Å²) in [4.78, 5) is 24.7. The van der Waals surface area contributed by atoms with Crippen LogP contribution in [0.5, 0.6) is 5.75 Å². The molecule has 0 atom stereocenters. The van der Waals surface area contributed by atoms with Crippen molar-refractivity contribution in [1.82, 2.24) is 4.90 Å². The summed E-state index contributed by atoms with van der Waals surface area (Å²) in [6.45, 7) is 5.37. The molecule has 1 spiro atoms. The van der Waals surface area contributed by atoms with Crippen LogP contribution in [0, 0.1) is 13.8 Å². The summed E-state index contributed by atoms with van der Waals surface area (Å²) in [7, 11) is 1.66. The lowest BCUT2D eigenvalue weighted by Gasteiger charge is -2.35. The maximum absolute atomic E-state index is 12.8. The molecule has 7 heteroatoms. The molecule has 2 heterocycles. The molecule has 0 unspecified atom stereocenters. The third kappa shape index (κ3) is 4.46. The maximum Gasteiger partial charge on any atom is 0.321 e. The number of nitrogens with one attached hydrogen (secondary N) is 1. The fraction of sp³-hybridized carbons (Fsp3) is 0.375. The molecule has 2 aromatic carbocycles. The Hall–Kier alpha value is -2.80. The van der Waals surface area contributed by atoms with Gasteiger partial charge in [0.05, 0.1) is 12.8 Å². The zero-order chi connectivity index (χ0) is 22.0. The number of rotatable bonds is 3. The van der Waals surface area contributed by atoms with Crippen LogP contribution in [0.15, 0.2) is 52.4 Å². The zero-order valence-corrected chi connectivity index (χ0v) is 19.3. The minimum Gasteiger partial charge on any atom is -0.497 e. The largest absolute Gasteiger partial charge is 0.497 e. The molecule has 0 aromatic heterocycles. The quantitative estimate of drug-likeness (QED) is 0.744. The van der Waals surface area contributed by atoms with Gasteiger partial charge < -0.3 is 15.0 Å². The van der Waals surface area contributed by atoms with Crippen LogP contribution in [-0.2, 0) is 0 Å². The first-order chi connectivity index (χ1) is 14.9. The second kappa shape index (κ2) is 8.75. The molecule has 4 rings (SSSR count). The molecule has 2 aliphatic rings. The van der Waals surface area contributed by atoms with E-state index in [0.29, 0.717) is 13.1 Å². The van der Waals surface area contributed by atoms with Gasteiger partial charge in [0.2, 0.25) is 0 Å². The molecule has 162 valence electrons. The van der Waals surface area contributed by atoms with Crippen molar-refractivity contribution in [3.8, 4) is 5.75 Å². The van der Waals surface area contributed by atoms with Gasteiger partial charge in [0.25, 0.3) is 0 Å². The van der Waals surface area contributed by atoms with Crippen LogP contribution in [0.3, 0.4) is 0 Å². The summed E-state index contributed by atoms with van der Waals surface area (Å²) in [5, 5.41) is 3.98. The van der Waals surface area contributed by atoms with E-state index in [1.165, 1.54) is 11.1 Å². The molecular formula is C24H28N4O2S. The number of methoxy groups -OCH3 is 1. The van der Waals surface area contributed by atoms with Crippen molar-refractivity contribution in [3.63, 3.8) is 0 Å². The van der Waals surface area contributed by atoms with Crippen molar-refractivity contribution in [2.75, 3.05) is 31.8 Å². The SMILES string of the molecule is COc1ccc(C2=NC3(CCN(C(=O)Nc4ccc(C)c(C)c4)CC3)N=C2SC)cc1. The monoisotopic (exact) mass is 436 g/mol. The second-order valence-corrected chi connectivity index (χ2v) is 8.80. The topological polar surface area (TPSA) is 66.3 Å². The lowest BCUT2D eigenvalue weighted by Crippen LogP contribution is -2.46. The summed E-state index contributed by atoms with van der Waals surface area (Å²) >= 11 is 1.62. The second-order valence-electron chi connectivity index (χ2n) is 8.01. The van der Waals surface area contributed by atoms with Gasteiger partial charge in [-0.15, -0.1) is 11.8 Å². The van der Waals surface area contributed by atoms with Gasteiger partial charge in [-0.1, -0.05) is 6.07 Å². The average Bonchev–Trinajstić information content (AvgIpc) is 3.15. The first-order valence-electron chi connectivity index (χ1n) is 10.4. The Bertz CT molecular complexity index is 1040. The molecule has 2 aliphatic heterocycles.